The fourth-order valence-corrected chi connectivity index (χ4v) is 4.76. The zero-order valence-corrected chi connectivity index (χ0v) is 19.5. The van der Waals surface area contributed by atoms with Crippen molar-refractivity contribution >= 4 is 39.0 Å². The minimum absolute atomic E-state index is 0.215. The van der Waals surface area contributed by atoms with Crippen LogP contribution in [0.2, 0.25) is 5.28 Å². The molecular formula is C24H24ClN3O2S. The first kappa shape index (κ1) is 21.4. The van der Waals surface area contributed by atoms with Gasteiger partial charge in [-0.05, 0) is 48.7 Å². The Bertz CT molecular complexity index is 1190. The van der Waals surface area contributed by atoms with E-state index in [1.54, 1.807) is 25.6 Å². The lowest BCUT2D eigenvalue weighted by atomic mass is 10.0. The van der Waals surface area contributed by atoms with Crippen LogP contribution < -0.4 is 14.4 Å². The number of methoxy groups -OCH3 is 2. The Morgan fingerprint density at radius 1 is 1.00 bits per heavy atom. The van der Waals surface area contributed by atoms with Crippen LogP contribution in [-0.4, -0.2) is 30.2 Å². The molecule has 160 valence electrons. The molecule has 0 bridgehead atoms. The topological polar surface area (TPSA) is 47.5 Å². The van der Waals surface area contributed by atoms with Crippen molar-refractivity contribution in [2.75, 3.05) is 19.1 Å². The van der Waals surface area contributed by atoms with E-state index in [-0.39, 0.29) is 11.3 Å². The van der Waals surface area contributed by atoms with E-state index in [0.29, 0.717) is 11.5 Å². The number of fused-ring (bicyclic) bond motifs is 1. The monoisotopic (exact) mass is 453 g/mol. The van der Waals surface area contributed by atoms with Gasteiger partial charge >= 0.3 is 0 Å². The van der Waals surface area contributed by atoms with E-state index in [0.717, 1.165) is 33.7 Å². The number of nitrogens with zero attached hydrogens (tertiary/aromatic N) is 3. The summed E-state index contributed by atoms with van der Waals surface area (Å²) in [4.78, 5) is 12.3. The van der Waals surface area contributed by atoms with E-state index in [4.69, 9.17) is 21.1 Å². The summed E-state index contributed by atoms with van der Waals surface area (Å²) >= 11 is 7.90. The van der Waals surface area contributed by atoms with Crippen molar-refractivity contribution in [3.8, 4) is 22.6 Å². The highest BCUT2D eigenvalue weighted by atomic mass is 35.5. The molecule has 0 aliphatic heterocycles. The van der Waals surface area contributed by atoms with Crippen molar-refractivity contribution in [3.63, 3.8) is 0 Å². The van der Waals surface area contributed by atoms with Gasteiger partial charge in [-0.25, -0.2) is 4.98 Å². The van der Waals surface area contributed by atoms with Crippen LogP contribution in [-0.2, 0) is 6.54 Å². The van der Waals surface area contributed by atoms with Crippen LogP contribution in [0.1, 0.15) is 19.4 Å². The van der Waals surface area contributed by atoms with Crippen molar-refractivity contribution in [2.24, 2.45) is 0 Å². The van der Waals surface area contributed by atoms with Gasteiger partial charge in [0.25, 0.3) is 0 Å². The molecule has 0 aliphatic carbocycles. The Balaban J connectivity index is 1.89. The summed E-state index contributed by atoms with van der Waals surface area (Å²) in [6, 6.07) is 16.5. The van der Waals surface area contributed by atoms with Crippen molar-refractivity contribution in [3.05, 3.63) is 64.8 Å². The van der Waals surface area contributed by atoms with Crippen LogP contribution >= 0.6 is 22.9 Å². The van der Waals surface area contributed by atoms with Gasteiger partial charge in [0.2, 0.25) is 5.28 Å². The average molecular weight is 454 g/mol. The maximum absolute atomic E-state index is 6.34. The first-order valence-corrected chi connectivity index (χ1v) is 11.2. The number of anilines is 1. The molecule has 0 radical (unpaired) electrons. The van der Waals surface area contributed by atoms with Gasteiger partial charge in [-0.15, -0.1) is 11.3 Å². The minimum atomic E-state index is 0.215. The molecule has 2 aromatic carbocycles. The third-order valence-electron chi connectivity index (χ3n) is 5.17. The quantitative estimate of drug-likeness (QED) is 0.301. The van der Waals surface area contributed by atoms with E-state index < -0.39 is 0 Å². The van der Waals surface area contributed by atoms with Crippen LogP contribution in [0, 0.1) is 0 Å². The molecule has 0 unspecified atom stereocenters. The van der Waals surface area contributed by atoms with E-state index in [1.807, 2.05) is 24.3 Å². The first-order valence-electron chi connectivity index (χ1n) is 9.99. The number of benzene rings is 2. The molecule has 2 aromatic heterocycles. The molecule has 5 nitrogen and oxygen atoms in total. The summed E-state index contributed by atoms with van der Waals surface area (Å²) in [5.74, 6) is 2.21. The maximum Gasteiger partial charge on any atom is 0.225 e. The van der Waals surface area contributed by atoms with Crippen LogP contribution in [0.4, 0.5) is 5.82 Å². The molecule has 7 heteroatoms. The summed E-state index contributed by atoms with van der Waals surface area (Å²) in [6.07, 6.45) is 0. The number of ether oxygens (including phenoxy) is 2. The van der Waals surface area contributed by atoms with Gasteiger partial charge in [0.15, 0.2) is 11.5 Å². The van der Waals surface area contributed by atoms with Gasteiger partial charge in [0, 0.05) is 23.5 Å². The van der Waals surface area contributed by atoms with Crippen molar-refractivity contribution < 1.29 is 9.47 Å². The van der Waals surface area contributed by atoms with Crippen molar-refractivity contribution in [1.82, 2.24) is 9.97 Å². The Morgan fingerprint density at radius 2 is 1.74 bits per heavy atom. The van der Waals surface area contributed by atoms with E-state index in [1.165, 1.54) is 5.56 Å². The van der Waals surface area contributed by atoms with Crippen LogP contribution in [0.3, 0.4) is 0 Å². The average Bonchev–Trinajstić information content (AvgIpc) is 3.20. The highest BCUT2D eigenvalue weighted by Gasteiger charge is 2.22. The molecule has 0 aliphatic rings. The fraction of sp³-hybridized carbons (Fsp3) is 0.250. The van der Waals surface area contributed by atoms with Crippen molar-refractivity contribution in [1.29, 1.82) is 0 Å². The van der Waals surface area contributed by atoms with E-state index in [9.17, 15) is 0 Å². The van der Waals surface area contributed by atoms with Gasteiger partial charge in [-0.2, -0.15) is 4.98 Å². The summed E-state index contributed by atoms with van der Waals surface area (Å²) in [6.45, 7) is 5.04. The number of halogens is 1. The molecule has 0 fully saturated rings. The molecule has 0 saturated carbocycles. The molecular weight excluding hydrogens is 430 g/mol. The zero-order valence-electron chi connectivity index (χ0n) is 17.9. The van der Waals surface area contributed by atoms with Crippen LogP contribution in [0.5, 0.6) is 11.5 Å². The smallest absolute Gasteiger partial charge is 0.225 e. The highest BCUT2D eigenvalue weighted by Crippen LogP contribution is 2.42. The lowest BCUT2D eigenvalue weighted by Crippen LogP contribution is -2.31. The SMILES string of the molecule is COc1ccc(-c2csc3nc(Cl)nc(N(Cc4ccccc4)C(C)C)c23)cc1OC. The molecule has 2 heterocycles. The summed E-state index contributed by atoms with van der Waals surface area (Å²) < 4.78 is 10.9. The summed E-state index contributed by atoms with van der Waals surface area (Å²) in [5, 5.41) is 3.34. The number of rotatable bonds is 7. The van der Waals surface area contributed by atoms with Gasteiger partial charge in [0.05, 0.1) is 19.6 Å². The molecule has 4 aromatic rings. The Morgan fingerprint density at radius 3 is 2.42 bits per heavy atom. The maximum atomic E-state index is 6.34. The lowest BCUT2D eigenvalue weighted by molar-refractivity contribution is 0.355. The minimum Gasteiger partial charge on any atom is -0.493 e. The van der Waals surface area contributed by atoms with Gasteiger partial charge < -0.3 is 14.4 Å². The summed E-state index contributed by atoms with van der Waals surface area (Å²) in [5.41, 5.74) is 3.27. The second-order valence-electron chi connectivity index (χ2n) is 7.42. The van der Waals surface area contributed by atoms with Crippen LogP contribution in [0.25, 0.3) is 21.3 Å². The highest BCUT2D eigenvalue weighted by molar-refractivity contribution is 7.17. The Labute approximate surface area is 191 Å². The summed E-state index contributed by atoms with van der Waals surface area (Å²) in [7, 11) is 3.28. The molecule has 4 rings (SSSR count). The molecule has 31 heavy (non-hydrogen) atoms. The first-order chi connectivity index (χ1) is 15.0. The second-order valence-corrected chi connectivity index (χ2v) is 8.62. The predicted molar refractivity (Wildman–Crippen MR) is 129 cm³/mol. The van der Waals surface area contributed by atoms with Crippen LogP contribution in [0.15, 0.2) is 53.9 Å². The second kappa shape index (κ2) is 9.12. The van der Waals surface area contributed by atoms with E-state index >= 15 is 0 Å². The van der Waals surface area contributed by atoms with Gasteiger partial charge in [0.1, 0.15) is 10.6 Å². The third kappa shape index (κ3) is 4.31. The number of hydrogen-bond donors (Lipinski definition) is 0. The normalized spacial score (nSPS) is 11.2. The number of thiophene rings is 1. The lowest BCUT2D eigenvalue weighted by Gasteiger charge is -2.29. The van der Waals surface area contributed by atoms with Gasteiger partial charge in [-0.1, -0.05) is 36.4 Å². The molecule has 0 N–H and O–H groups in total. The largest absolute Gasteiger partial charge is 0.493 e. The van der Waals surface area contributed by atoms with Gasteiger partial charge in [-0.3, -0.25) is 0 Å². The predicted octanol–water partition coefficient (Wildman–Crippen LogP) is 6.44. The fourth-order valence-electron chi connectivity index (χ4n) is 3.60. The molecule has 0 saturated heterocycles. The molecule has 0 spiro atoms. The third-order valence-corrected chi connectivity index (χ3v) is 6.21. The molecule has 0 atom stereocenters. The zero-order chi connectivity index (χ0) is 22.0. The van der Waals surface area contributed by atoms with Crippen molar-refractivity contribution in [2.45, 2.75) is 26.4 Å². The Kier molecular flexibility index (Phi) is 6.30. The molecule has 0 amide bonds. The number of aromatic nitrogens is 2. The standard InChI is InChI=1S/C24H24ClN3O2S/c1-15(2)28(13-16-8-6-5-7-9-16)22-21-18(14-31-23(21)27-24(25)26-22)17-10-11-19(29-3)20(12-17)30-4/h5-12,14-15H,13H2,1-4H3. The Hall–Kier alpha value is -2.83. The van der Waals surface area contributed by atoms with E-state index in [2.05, 4.69) is 58.4 Å². The number of hydrogen-bond acceptors (Lipinski definition) is 6.